The molecule has 11 atom stereocenters. The molecule has 1 aliphatic heterocycles. The van der Waals surface area contributed by atoms with Gasteiger partial charge in [-0.2, -0.15) is 0 Å². The number of hydrogen-bond acceptors (Lipinski definition) is 7. The first-order valence-corrected chi connectivity index (χ1v) is 17.1. The number of aromatic nitrogens is 4. The van der Waals surface area contributed by atoms with Gasteiger partial charge in [-0.25, -0.2) is 4.68 Å². The van der Waals surface area contributed by atoms with Crippen molar-refractivity contribution < 1.29 is 19.4 Å². The van der Waals surface area contributed by atoms with E-state index in [4.69, 9.17) is 15.2 Å². The van der Waals surface area contributed by atoms with Crippen LogP contribution in [0.2, 0.25) is 0 Å². The topological polar surface area (TPSA) is 125 Å². The second kappa shape index (κ2) is 10.3. The average molecular weight is 612 g/mol. The fraction of sp³-hybridized carbons (Fsp3) is 0.886. The van der Waals surface area contributed by atoms with E-state index in [1.54, 1.807) is 6.33 Å². The van der Waals surface area contributed by atoms with Gasteiger partial charge in [-0.1, -0.05) is 60.1 Å². The van der Waals surface area contributed by atoms with Gasteiger partial charge in [-0.3, -0.25) is 4.79 Å². The third-order valence-electron chi connectivity index (χ3n) is 14.4. The van der Waals surface area contributed by atoms with Crippen molar-refractivity contribution in [2.24, 2.45) is 62.4 Å². The highest BCUT2D eigenvalue weighted by Gasteiger charge is 2.72. The molecule has 1 aromatic heterocycles. The maximum atomic E-state index is 13.4. The first-order valence-electron chi connectivity index (χ1n) is 17.1. The smallest absolute Gasteiger partial charge is 0.307 e. The average Bonchev–Trinajstić information content (AvgIpc) is 3.46. The van der Waals surface area contributed by atoms with Crippen molar-refractivity contribution in [1.82, 2.24) is 20.2 Å². The lowest BCUT2D eigenvalue weighted by Crippen LogP contribution is -2.69. The molecule has 0 radical (unpaired) electrons. The first kappa shape index (κ1) is 32.1. The maximum Gasteiger partial charge on any atom is 0.307 e. The number of carboxylic acids is 1. The van der Waals surface area contributed by atoms with E-state index >= 15 is 0 Å². The molecule has 0 aromatic carbocycles. The summed E-state index contributed by atoms with van der Waals surface area (Å²) in [6, 6.07) is -0.0495. The van der Waals surface area contributed by atoms with Crippen molar-refractivity contribution in [2.45, 2.75) is 119 Å². The minimum atomic E-state index is -0.620. The van der Waals surface area contributed by atoms with Gasteiger partial charge in [0.05, 0.1) is 37.9 Å². The Hall–Kier alpha value is -1.84. The largest absolute Gasteiger partial charge is 0.481 e. The predicted molar refractivity (Wildman–Crippen MR) is 168 cm³/mol. The molecular formula is C35H57N5O4. The zero-order valence-corrected chi connectivity index (χ0v) is 28.6. The minimum absolute atomic E-state index is 0.0495. The van der Waals surface area contributed by atoms with Crippen molar-refractivity contribution >= 4 is 5.97 Å². The number of allylic oxidation sites excluding steroid dienone is 1. The van der Waals surface area contributed by atoms with Gasteiger partial charge < -0.3 is 20.3 Å². The van der Waals surface area contributed by atoms with Gasteiger partial charge in [0.2, 0.25) is 0 Å². The normalized spacial score (nSPS) is 46.0. The summed E-state index contributed by atoms with van der Waals surface area (Å²) < 4.78 is 15.3. The van der Waals surface area contributed by atoms with Crippen LogP contribution in [0.25, 0.3) is 0 Å². The third-order valence-corrected chi connectivity index (χ3v) is 14.4. The van der Waals surface area contributed by atoms with Crippen LogP contribution in [0, 0.1) is 56.7 Å². The van der Waals surface area contributed by atoms with Crippen LogP contribution in [0.1, 0.15) is 107 Å². The van der Waals surface area contributed by atoms with E-state index in [1.807, 2.05) is 18.5 Å². The first-order chi connectivity index (χ1) is 20.4. The molecule has 5 aliphatic rings. The SMILES string of the molecule is CC(C)[C@@H](C)[C@@]1(C)CC[C@]2(C)[C@H]3CC[C@H]4C5(C)COC[C@@]4(C[C@@H](n4cnnn4)[C@@H]5OCC(C)(C)N)C3=CC[C@@]2(C)[C@@H]1C(=O)O. The van der Waals surface area contributed by atoms with Crippen LogP contribution in [0.3, 0.4) is 0 Å². The number of carbonyl (C=O) groups is 1. The van der Waals surface area contributed by atoms with Gasteiger partial charge in [0.25, 0.3) is 0 Å². The lowest BCUT2D eigenvalue weighted by molar-refractivity contribution is -0.252. The second-order valence-corrected chi connectivity index (χ2v) is 17.6. The number of nitrogens with zero attached hydrogens (tertiary/aromatic N) is 4. The third kappa shape index (κ3) is 4.34. The van der Waals surface area contributed by atoms with Gasteiger partial charge in [0.15, 0.2) is 0 Å². The Balaban J connectivity index is 1.45. The summed E-state index contributed by atoms with van der Waals surface area (Å²) in [7, 11) is 0. The Bertz CT molecular complexity index is 1290. The highest BCUT2D eigenvalue weighted by molar-refractivity contribution is 5.73. The van der Waals surface area contributed by atoms with Crippen molar-refractivity contribution in [3.8, 4) is 0 Å². The lowest BCUT2D eigenvalue weighted by atomic mass is 9.34. The fourth-order valence-electron chi connectivity index (χ4n) is 11.8. The summed E-state index contributed by atoms with van der Waals surface area (Å²) in [5, 5.41) is 23.4. The molecule has 4 aliphatic carbocycles. The van der Waals surface area contributed by atoms with Crippen LogP contribution in [0.5, 0.6) is 0 Å². The molecule has 1 unspecified atom stereocenters. The summed E-state index contributed by atoms with van der Waals surface area (Å²) in [4.78, 5) is 13.4. The number of carboxylic acid groups (broad SMARTS) is 1. The molecule has 246 valence electrons. The van der Waals surface area contributed by atoms with E-state index in [-0.39, 0.29) is 39.2 Å². The van der Waals surface area contributed by atoms with Gasteiger partial charge in [0.1, 0.15) is 6.33 Å². The van der Waals surface area contributed by atoms with E-state index in [1.165, 1.54) is 5.57 Å². The number of nitrogens with two attached hydrogens (primary N) is 1. The number of hydrogen-bond donors (Lipinski definition) is 2. The molecule has 6 rings (SSSR count). The molecule has 9 heteroatoms. The zero-order valence-electron chi connectivity index (χ0n) is 28.6. The van der Waals surface area contributed by atoms with Crippen molar-refractivity contribution in [3.05, 3.63) is 18.0 Å². The van der Waals surface area contributed by atoms with Crippen LogP contribution < -0.4 is 5.73 Å². The Morgan fingerprint density at radius 2 is 1.89 bits per heavy atom. The molecule has 44 heavy (non-hydrogen) atoms. The molecule has 2 bridgehead atoms. The summed E-state index contributed by atoms with van der Waals surface area (Å²) in [5.74, 6) is 0.445. The van der Waals surface area contributed by atoms with Crippen molar-refractivity contribution in [1.29, 1.82) is 0 Å². The van der Waals surface area contributed by atoms with E-state index < -0.39 is 17.4 Å². The highest BCUT2D eigenvalue weighted by atomic mass is 16.5. The molecule has 9 nitrogen and oxygen atoms in total. The summed E-state index contributed by atoms with van der Waals surface area (Å²) in [5.41, 5.74) is 6.36. The van der Waals surface area contributed by atoms with Gasteiger partial charge in [0, 0.05) is 16.4 Å². The quantitative estimate of drug-likeness (QED) is 0.364. The van der Waals surface area contributed by atoms with Crippen LogP contribution in [0.4, 0.5) is 0 Å². The molecule has 3 N–H and O–H groups in total. The Morgan fingerprint density at radius 3 is 2.50 bits per heavy atom. The molecule has 1 saturated heterocycles. The fourth-order valence-corrected chi connectivity index (χ4v) is 11.8. The maximum absolute atomic E-state index is 13.4. The van der Waals surface area contributed by atoms with Crippen molar-refractivity contribution in [2.75, 3.05) is 19.8 Å². The number of rotatable bonds is 7. The molecule has 1 aromatic rings. The molecular weight excluding hydrogens is 554 g/mol. The Kier molecular flexibility index (Phi) is 7.54. The number of ether oxygens (including phenoxy) is 2. The molecule has 3 saturated carbocycles. The van der Waals surface area contributed by atoms with Gasteiger partial charge in [-0.05, 0) is 103 Å². The number of aliphatic carboxylic acids is 1. The Morgan fingerprint density at radius 1 is 1.16 bits per heavy atom. The monoisotopic (exact) mass is 611 g/mol. The second-order valence-electron chi connectivity index (χ2n) is 17.6. The van der Waals surface area contributed by atoms with E-state index in [0.29, 0.717) is 43.5 Å². The van der Waals surface area contributed by atoms with Crippen LogP contribution in [-0.2, 0) is 14.3 Å². The van der Waals surface area contributed by atoms with Gasteiger partial charge >= 0.3 is 5.97 Å². The summed E-state index contributed by atoms with van der Waals surface area (Å²) in [6.45, 7) is 21.9. The molecule has 2 heterocycles. The van der Waals surface area contributed by atoms with Gasteiger partial charge in [-0.15, -0.1) is 5.10 Å². The standard InChI is InChI=1S/C35H57N5O4/c1-21(2)22(3)31(6)14-15-33(8)23-10-11-26-32(7)18-43-19-35(26,24(23)12-13-34(33,9)27(31)29(41)42)16-25(40-20-37-38-39-40)28(32)44-17-30(4,5)36/h12,20-23,25-28H,10-11,13-19,36H2,1-9H3,(H,41,42)/t22-,23+,25-,26+,27-,28+,31-,32?,33-,34+,35+/m1/s1. The van der Waals surface area contributed by atoms with Crippen LogP contribution in [0.15, 0.2) is 18.0 Å². The summed E-state index contributed by atoms with van der Waals surface area (Å²) in [6.07, 6.45) is 9.87. The van der Waals surface area contributed by atoms with Crippen LogP contribution >= 0.6 is 0 Å². The Labute approximate surface area is 264 Å². The van der Waals surface area contributed by atoms with E-state index in [0.717, 1.165) is 38.5 Å². The van der Waals surface area contributed by atoms with Crippen LogP contribution in [-0.4, -0.2) is 62.7 Å². The molecule has 4 fully saturated rings. The predicted octanol–water partition coefficient (Wildman–Crippen LogP) is 5.93. The van der Waals surface area contributed by atoms with E-state index in [2.05, 4.69) is 70.1 Å². The van der Waals surface area contributed by atoms with E-state index in [9.17, 15) is 9.90 Å². The lowest BCUT2D eigenvalue weighted by Gasteiger charge is -2.71. The molecule has 0 spiro atoms. The number of tetrazole rings is 1. The van der Waals surface area contributed by atoms with Crippen molar-refractivity contribution in [3.63, 3.8) is 0 Å². The minimum Gasteiger partial charge on any atom is -0.481 e. The zero-order chi connectivity index (χ0) is 32.1. The summed E-state index contributed by atoms with van der Waals surface area (Å²) >= 11 is 0. The molecule has 0 amide bonds. The highest BCUT2D eigenvalue weighted by Crippen LogP contribution is 2.75. The number of fused-ring (bicyclic) bond motifs is 3.